The predicted molar refractivity (Wildman–Crippen MR) is 239 cm³/mol. The number of aliphatic hydroxyl groups excluding tert-OH is 1. The Kier molecular flexibility index (Phi) is 40.4. The summed E-state index contributed by atoms with van der Waals surface area (Å²) in [4.78, 5) is 0. The van der Waals surface area contributed by atoms with Gasteiger partial charge in [-0.25, -0.2) is 0 Å². The molecule has 3 nitrogen and oxygen atoms in total. The molecule has 0 radical (unpaired) electrons. The van der Waals surface area contributed by atoms with Crippen molar-refractivity contribution in [1.29, 1.82) is 0 Å². The van der Waals surface area contributed by atoms with Crippen molar-refractivity contribution >= 4 is 0 Å². The first-order valence-corrected chi connectivity index (χ1v) is 24.8. The lowest BCUT2D eigenvalue weighted by molar-refractivity contribution is 0.256. The van der Waals surface area contributed by atoms with E-state index in [9.17, 15) is 5.11 Å². The van der Waals surface area contributed by atoms with Gasteiger partial charge in [-0.15, -0.1) is 0 Å². The van der Waals surface area contributed by atoms with Crippen molar-refractivity contribution in [2.75, 3.05) is 13.2 Å². The molecule has 0 aliphatic heterocycles. The summed E-state index contributed by atoms with van der Waals surface area (Å²) in [5.41, 5.74) is 0.837. The largest absolute Gasteiger partial charge is 0.494 e. The Morgan fingerprint density at radius 1 is 0.333 bits per heavy atom. The van der Waals surface area contributed by atoms with Crippen LogP contribution in [0.15, 0.2) is 18.2 Å². The van der Waals surface area contributed by atoms with Crippen LogP contribution in [0.4, 0.5) is 0 Å². The van der Waals surface area contributed by atoms with E-state index >= 15 is 0 Å². The SMILES string of the molecule is CCCCCCCCCCCCCCCCCCCCCCOc1ccc(OCCCCCCCCCCCCCCCCCCCCCC)c(CO)c1. The average Bonchev–Trinajstić information content (AvgIpc) is 3.19. The molecule has 0 atom stereocenters. The summed E-state index contributed by atoms with van der Waals surface area (Å²) < 4.78 is 12.1. The van der Waals surface area contributed by atoms with Gasteiger partial charge < -0.3 is 14.6 Å². The maximum Gasteiger partial charge on any atom is 0.125 e. The Bertz CT molecular complexity index is 853. The lowest BCUT2D eigenvalue weighted by Gasteiger charge is -2.13. The monoisotopic (exact) mass is 757 g/mol. The van der Waals surface area contributed by atoms with Crippen molar-refractivity contribution in [3.05, 3.63) is 23.8 Å². The Labute approximate surface area is 339 Å². The van der Waals surface area contributed by atoms with Crippen LogP contribution in [0.3, 0.4) is 0 Å². The summed E-state index contributed by atoms with van der Waals surface area (Å²) in [7, 11) is 0. The van der Waals surface area contributed by atoms with E-state index in [0.717, 1.165) is 43.1 Å². The molecule has 0 unspecified atom stereocenters. The molecular weight excluding hydrogens is 661 g/mol. The molecule has 1 aromatic rings. The van der Waals surface area contributed by atoms with Gasteiger partial charge in [-0.2, -0.15) is 0 Å². The van der Waals surface area contributed by atoms with Crippen LogP contribution in [-0.4, -0.2) is 18.3 Å². The van der Waals surface area contributed by atoms with Crippen molar-refractivity contribution < 1.29 is 14.6 Å². The van der Waals surface area contributed by atoms with Crippen molar-refractivity contribution in [3.8, 4) is 11.5 Å². The summed E-state index contributed by atoms with van der Waals surface area (Å²) in [6, 6.07) is 5.94. The van der Waals surface area contributed by atoms with Gasteiger partial charge in [-0.3, -0.25) is 0 Å². The topological polar surface area (TPSA) is 38.7 Å². The second-order valence-corrected chi connectivity index (χ2v) is 17.1. The number of unbranched alkanes of at least 4 members (excludes halogenated alkanes) is 38. The van der Waals surface area contributed by atoms with E-state index < -0.39 is 0 Å². The highest BCUT2D eigenvalue weighted by Crippen LogP contribution is 2.25. The molecular formula is C51H96O3. The van der Waals surface area contributed by atoms with E-state index in [1.165, 1.54) is 244 Å². The van der Waals surface area contributed by atoms with Gasteiger partial charge in [-0.1, -0.05) is 258 Å². The molecule has 1 N–H and O–H groups in total. The molecule has 54 heavy (non-hydrogen) atoms. The number of hydrogen-bond acceptors (Lipinski definition) is 3. The fourth-order valence-corrected chi connectivity index (χ4v) is 8.00. The van der Waals surface area contributed by atoms with Crippen LogP contribution in [0.1, 0.15) is 276 Å². The van der Waals surface area contributed by atoms with Crippen molar-refractivity contribution in [1.82, 2.24) is 0 Å². The number of benzene rings is 1. The third-order valence-corrected chi connectivity index (χ3v) is 11.7. The zero-order chi connectivity index (χ0) is 38.7. The van der Waals surface area contributed by atoms with E-state index in [1.54, 1.807) is 0 Å². The minimum Gasteiger partial charge on any atom is -0.494 e. The minimum absolute atomic E-state index is 0.00883. The van der Waals surface area contributed by atoms with Crippen molar-refractivity contribution in [2.45, 2.75) is 277 Å². The summed E-state index contributed by atoms with van der Waals surface area (Å²) in [5, 5.41) is 9.93. The van der Waals surface area contributed by atoms with Gasteiger partial charge in [0.1, 0.15) is 11.5 Å². The third-order valence-electron chi connectivity index (χ3n) is 11.7. The van der Waals surface area contributed by atoms with Gasteiger partial charge >= 0.3 is 0 Å². The molecule has 0 saturated heterocycles. The van der Waals surface area contributed by atoms with Gasteiger partial charge in [0.25, 0.3) is 0 Å². The van der Waals surface area contributed by atoms with E-state index in [2.05, 4.69) is 13.8 Å². The predicted octanol–water partition coefficient (Wildman–Crippen LogP) is 17.6. The average molecular weight is 757 g/mol. The second kappa shape index (κ2) is 42.9. The number of rotatable bonds is 45. The van der Waals surface area contributed by atoms with Crippen LogP contribution in [-0.2, 0) is 6.61 Å². The van der Waals surface area contributed by atoms with E-state index in [4.69, 9.17) is 9.47 Å². The van der Waals surface area contributed by atoms with E-state index in [1.807, 2.05) is 18.2 Å². The summed E-state index contributed by atoms with van der Waals surface area (Å²) in [5.74, 6) is 1.66. The highest BCUT2D eigenvalue weighted by atomic mass is 16.5. The van der Waals surface area contributed by atoms with Crippen LogP contribution < -0.4 is 9.47 Å². The van der Waals surface area contributed by atoms with Crippen LogP contribution >= 0.6 is 0 Å². The normalized spacial score (nSPS) is 11.5. The molecule has 0 aliphatic carbocycles. The standard InChI is InChI=1S/C51H96O3/c1-3-5-7-9-11-13-15-17-19-21-23-25-27-29-31-33-35-37-39-41-45-53-50-43-44-51(49(47-50)48-52)54-46-42-40-38-36-34-32-30-28-26-24-22-20-18-16-14-12-10-8-6-4-2/h43-44,47,52H,3-42,45-46,48H2,1-2H3. The maximum atomic E-state index is 9.93. The lowest BCUT2D eigenvalue weighted by Crippen LogP contribution is -2.02. The lowest BCUT2D eigenvalue weighted by atomic mass is 10.0. The number of ether oxygens (including phenoxy) is 2. The van der Waals surface area contributed by atoms with E-state index in [0.29, 0.717) is 0 Å². The minimum atomic E-state index is -0.00883. The van der Waals surface area contributed by atoms with Gasteiger partial charge in [0, 0.05) is 5.56 Å². The van der Waals surface area contributed by atoms with Crippen LogP contribution in [0.2, 0.25) is 0 Å². The van der Waals surface area contributed by atoms with Crippen LogP contribution in [0.5, 0.6) is 11.5 Å². The molecule has 0 aromatic heterocycles. The number of hydrogen-bond donors (Lipinski definition) is 1. The maximum absolute atomic E-state index is 9.93. The fourth-order valence-electron chi connectivity index (χ4n) is 8.00. The van der Waals surface area contributed by atoms with Gasteiger partial charge in [0.15, 0.2) is 0 Å². The highest BCUT2D eigenvalue weighted by Gasteiger charge is 2.06. The second-order valence-electron chi connectivity index (χ2n) is 17.1. The summed E-state index contributed by atoms with van der Waals surface area (Å²) in [6.45, 7) is 6.07. The zero-order valence-electron chi connectivity index (χ0n) is 36.9. The first-order valence-electron chi connectivity index (χ1n) is 24.8. The van der Waals surface area contributed by atoms with Crippen molar-refractivity contribution in [2.24, 2.45) is 0 Å². The van der Waals surface area contributed by atoms with Crippen molar-refractivity contribution in [3.63, 3.8) is 0 Å². The summed E-state index contributed by atoms with van der Waals surface area (Å²) in [6.07, 6.45) is 56.0. The highest BCUT2D eigenvalue weighted by molar-refractivity contribution is 5.39. The van der Waals surface area contributed by atoms with Gasteiger partial charge in [0.05, 0.1) is 19.8 Å². The van der Waals surface area contributed by atoms with E-state index in [-0.39, 0.29) is 6.61 Å². The van der Waals surface area contributed by atoms with Crippen LogP contribution in [0.25, 0.3) is 0 Å². The first kappa shape index (κ1) is 50.8. The van der Waals surface area contributed by atoms with Crippen LogP contribution in [0, 0.1) is 0 Å². The molecule has 0 aliphatic rings. The molecule has 0 saturated carbocycles. The Balaban J connectivity index is 1.86. The quantitative estimate of drug-likeness (QED) is 0.0674. The van der Waals surface area contributed by atoms with Gasteiger partial charge in [0.2, 0.25) is 0 Å². The Morgan fingerprint density at radius 2 is 0.593 bits per heavy atom. The molecule has 318 valence electrons. The smallest absolute Gasteiger partial charge is 0.125 e. The molecule has 0 amide bonds. The number of aliphatic hydroxyl groups is 1. The molecule has 0 heterocycles. The molecule has 1 rings (SSSR count). The Hall–Kier alpha value is -1.22. The molecule has 0 bridgehead atoms. The molecule has 3 heteroatoms. The fraction of sp³-hybridized carbons (Fsp3) is 0.882. The molecule has 1 aromatic carbocycles. The molecule has 0 spiro atoms. The van der Waals surface area contributed by atoms with Gasteiger partial charge in [-0.05, 0) is 31.0 Å². The third kappa shape index (κ3) is 35.2. The zero-order valence-corrected chi connectivity index (χ0v) is 36.9. The molecule has 0 fully saturated rings. The first-order chi connectivity index (χ1) is 26.8. The Morgan fingerprint density at radius 3 is 0.870 bits per heavy atom. The summed E-state index contributed by atoms with van der Waals surface area (Å²) >= 11 is 0.